The van der Waals surface area contributed by atoms with Gasteiger partial charge in [0.15, 0.2) is 0 Å². The Morgan fingerprint density at radius 2 is 1.82 bits per heavy atom. The van der Waals surface area contributed by atoms with Crippen LogP contribution in [0, 0.1) is 29.1 Å². The van der Waals surface area contributed by atoms with Gasteiger partial charge in [0.1, 0.15) is 4.88 Å². The van der Waals surface area contributed by atoms with Gasteiger partial charge in [-0.05, 0) is 84.1 Å². The number of carbonyl (C=O) groups is 2. The van der Waals surface area contributed by atoms with Crippen LogP contribution >= 0.6 is 11.3 Å². The third kappa shape index (κ3) is 6.96. The summed E-state index contributed by atoms with van der Waals surface area (Å²) in [7, 11) is 0. The molecule has 1 aromatic heterocycles. The summed E-state index contributed by atoms with van der Waals surface area (Å²) in [6.45, 7) is 12.6. The van der Waals surface area contributed by atoms with Crippen LogP contribution in [0.3, 0.4) is 0 Å². The van der Waals surface area contributed by atoms with E-state index in [0.29, 0.717) is 23.1 Å². The van der Waals surface area contributed by atoms with E-state index in [-0.39, 0.29) is 34.3 Å². The molecule has 2 fully saturated rings. The minimum atomic E-state index is -0.998. The second-order valence-electron chi connectivity index (χ2n) is 10.8. The number of ether oxygens (including phenoxy) is 1. The SMILES string of the molecule is C=CCO[C@H]1CC[C@@H](N(c2cc(C#CC(C)(C)C)sc2C(=O)O)C(=O)[C@H]2CC[C@H](C)CC2)CC1. The Kier molecular flexibility index (Phi) is 9.01. The molecule has 1 N–H and O–H groups in total. The molecule has 0 unspecified atom stereocenters. The number of carboxylic acids is 1. The van der Waals surface area contributed by atoms with Crippen LogP contribution in [0.5, 0.6) is 0 Å². The smallest absolute Gasteiger partial charge is 0.348 e. The first-order valence-electron chi connectivity index (χ1n) is 12.5. The predicted octanol–water partition coefficient (Wildman–Crippen LogP) is 6.52. The maximum Gasteiger partial charge on any atom is 0.348 e. The van der Waals surface area contributed by atoms with Crippen LogP contribution in [-0.4, -0.2) is 35.7 Å². The van der Waals surface area contributed by atoms with E-state index in [1.54, 1.807) is 6.08 Å². The Hall–Kier alpha value is -2.10. The molecule has 186 valence electrons. The molecule has 2 aliphatic carbocycles. The molecule has 5 nitrogen and oxygen atoms in total. The highest BCUT2D eigenvalue weighted by Gasteiger charge is 2.37. The Bertz CT molecular complexity index is 932. The monoisotopic (exact) mass is 485 g/mol. The van der Waals surface area contributed by atoms with Crippen molar-refractivity contribution >= 4 is 28.9 Å². The van der Waals surface area contributed by atoms with Crippen molar-refractivity contribution in [3.8, 4) is 11.8 Å². The van der Waals surface area contributed by atoms with Crippen LogP contribution in [0.25, 0.3) is 0 Å². The Morgan fingerprint density at radius 3 is 2.38 bits per heavy atom. The average molecular weight is 486 g/mol. The molecule has 34 heavy (non-hydrogen) atoms. The molecule has 1 heterocycles. The van der Waals surface area contributed by atoms with Crippen molar-refractivity contribution in [3.63, 3.8) is 0 Å². The zero-order valence-electron chi connectivity index (χ0n) is 21.1. The number of carboxylic acid groups (broad SMARTS) is 1. The fraction of sp³-hybridized carbons (Fsp3) is 0.643. The van der Waals surface area contributed by atoms with Gasteiger partial charge in [0.2, 0.25) is 5.91 Å². The molecule has 3 rings (SSSR count). The number of anilines is 1. The molecular formula is C28H39NO4S. The molecule has 0 aliphatic heterocycles. The molecule has 0 radical (unpaired) electrons. The number of rotatable bonds is 7. The minimum Gasteiger partial charge on any atom is -0.477 e. The predicted molar refractivity (Wildman–Crippen MR) is 138 cm³/mol. The second-order valence-corrected chi connectivity index (χ2v) is 11.9. The molecule has 1 amide bonds. The van der Waals surface area contributed by atoms with E-state index in [1.807, 2.05) is 31.7 Å². The number of hydrogen-bond donors (Lipinski definition) is 1. The summed E-state index contributed by atoms with van der Waals surface area (Å²) in [5.41, 5.74) is 0.334. The number of nitrogens with zero attached hydrogens (tertiary/aromatic N) is 1. The van der Waals surface area contributed by atoms with E-state index < -0.39 is 5.97 Å². The highest BCUT2D eigenvalue weighted by molar-refractivity contribution is 7.15. The lowest BCUT2D eigenvalue weighted by atomic mass is 9.81. The van der Waals surface area contributed by atoms with Crippen molar-refractivity contribution in [1.82, 2.24) is 0 Å². The van der Waals surface area contributed by atoms with Crippen LogP contribution in [-0.2, 0) is 9.53 Å². The first kappa shape index (κ1) is 26.5. The maximum absolute atomic E-state index is 13.9. The highest BCUT2D eigenvalue weighted by atomic mass is 32.1. The molecule has 1 aromatic rings. The molecule has 2 saturated carbocycles. The maximum atomic E-state index is 13.9. The fourth-order valence-electron chi connectivity index (χ4n) is 4.90. The van der Waals surface area contributed by atoms with Gasteiger partial charge in [-0.2, -0.15) is 0 Å². The Morgan fingerprint density at radius 1 is 1.18 bits per heavy atom. The quantitative estimate of drug-likeness (QED) is 0.353. The molecule has 0 atom stereocenters. The van der Waals surface area contributed by atoms with Gasteiger partial charge in [0.05, 0.1) is 23.3 Å². The normalized spacial score (nSPS) is 25.2. The summed E-state index contributed by atoms with van der Waals surface area (Å²) in [6.07, 6.45) is 9.07. The first-order chi connectivity index (χ1) is 16.1. The molecule has 0 bridgehead atoms. The summed E-state index contributed by atoms with van der Waals surface area (Å²) in [5, 5.41) is 10.0. The van der Waals surface area contributed by atoms with Gasteiger partial charge in [-0.15, -0.1) is 17.9 Å². The van der Waals surface area contributed by atoms with Crippen LogP contribution in [0.2, 0.25) is 0 Å². The number of carbonyl (C=O) groups excluding carboxylic acids is 1. The van der Waals surface area contributed by atoms with Crippen molar-refractivity contribution in [2.45, 2.75) is 91.2 Å². The van der Waals surface area contributed by atoms with E-state index >= 15 is 0 Å². The van der Waals surface area contributed by atoms with E-state index in [0.717, 1.165) is 51.4 Å². The van der Waals surface area contributed by atoms with Gasteiger partial charge in [-0.1, -0.05) is 24.8 Å². The number of aromatic carboxylic acids is 1. The lowest BCUT2D eigenvalue weighted by Crippen LogP contribution is -2.47. The third-order valence-corrected chi connectivity index (χ3v) is 7.82. The van der Waals surface area contributed by atoms with E-state index in [2.05, 4.69) is 25.3 Å². The van der Waals surface area contributed by atoms with Gasteiger partial charge in [-0.25, -0.2) is 4.79 Å². The number of hydrogen-bond acceptors (Lipinski definition) is 4. The summed E-state index contributed by atoms with van der Waals surface area (Å²) >= 11 is 1.17. The minimum absolute atomic E-state index is 0.0217. The van der Waals surface area contributed by atoms with E-state index in [9.17, 15) is 14.7 Å². The van der Waals surface area contributed by atoms with Crippen molar-refractivity contribution in [1.29, 1.82) is 0 Å². The summed E-state index contributed by atoms with van der Waals surface area (Å²) in [5.74, 6) is 6.03. The summed E-state index contributed by atoms with van der Waals surface area (Å²) in [4.78, 5) is 28.9. The average Bonchev–Trinajstić information content (AvgIpc) is 3.21. The zero-order valence-corrected chi connectivity index (χ0v) is 21.9. The van der Waals surface area contributed by atoms with Gasteiger partial charge < -0.3 is 14.7 Å². The lowest BCUT2D eigenvalue weighted by Gasteiger charge is -2.39. The third-order valence-electron chi connectivity index (χ3n) is 6.79. The summed E-state index contributed by atoms with van der Waals surface area (Å²) in [6, 6.07) is 1.81. The number of thiophene rings is 1. The summed E-state index contributed by atoms with van der Waals surface area (Å²) < 4.78 is 5.85. The number of amides is 1. The van der Waals surface area contributed by atoms with E-state index in [4.69, 9.17) is 4.74 Å². The van der Waals surface area contributed by atoms with Crippen LogP contribution in [0.4, 0.5) is 5.69 Å². The van der Waals surface area contributed by atoms with Gasteiger partial charge in [0, 0.05) is 17.4 Å². The van der Waals surface area contributed by atoms with Gasteiger partial charge in [-0.3, -0.25) is 4.79 Å². The van der Waals surface area contributed by atoms with Crippen LogP contribution < -0.4 is 4.90 Å². The van der Waals surface area contributed by atoms with Crippen LogP contribution in [0.15, 0.2) is 18.7 Å². The van der Waals surface area contributed by atoms with E-state index in [1.165, 1.54) is 11.3 Å². The molecule has 0 spiro atoms. The zero-order chi connectivity index (χ0) is 24.9. The second kappa shape index (κ2) is 11.6. The standard InChI is InChI=1S/C28H39NO4S/c1-6-17-33-22-13-11-21(12-14-22)29(26(30)20-9-7-19(2)8-10-20)24-18-23(15-16-28(3,4)5)34-25(24)27(31)32/h6,18-22H,1,7-14,17H2,2-5H3,(H,31,32)/t19-,20-,21-,22+. The molecule has 2 aliphatic rings. The molecule has 0 saturated heterocycles. The van der Waals surface area contributed by atoms with Gasteiger partial charge >= 0.3 is 5.97 Å². The van der Waals surface area contributed by atoms with Gasteiger partial charge in [0.25, 0.3) is 0 Å². The largest absolute Gasteiger partial charge is 0.477 e. The Balaban J connectivity index is 1.94. The van der Waals surface area contributed by atoms with Crippen LogP contribution in [0.1, 0.15) is 93.6 Å². The fourth-order valence-corrected chi connectivity index (χ4v) is 5.74. The first-order valence-corrected chi connectivity index (χ1v) is 13.4. The van der Waals surface area contributed by atoms with Crippen molar-refractivity contribution in [3.05, 3.63) is 28.5 Å². The topological polar surface area (TPSA) is 66.8 Å². The highest BCUT2D eigenvalue weighted by Crippen LogP contribution is 2.39. The van der Waals surface area contributed by atoms with Crippen molar-refractivity contribution < 1.29 is 19.4 Å². The van der Waals surface area contributed by atoms with Crippen molar-refractivity contribution in [2.24, 2.45) is 17.3 Å². The Labute approximate surface area is 208 Å². The lowest BCUT2D eigenvalue weighted by molar-refractivity contribution is -0.124. The van der Waals surface area contributed by atoms with Crippen molar-refractivity contribution in [2.75, 3.05) is 11.5 Å². The molecule has 6 heteroatoms. The molecule has 0 aromatic carbocycles. The molecular weight excluding hydrogens is 446 g/mol.